The van der Waals surface area contributed by atoms with Gasteiger partial charge in [-0.2, -0.15) is 5.53 Å². The number of esters is 1. The van der Waals surface area contributed by atoms with Gasteiger partial charge in [-0.25, -0.2) is 15.2 Å². The third-order valence-electron chi connectivity index (χ3n) is 1.86. The molecule has 0 saturated carbocycles. The van der Waals surface area contributed by atoms with Gasteiger partial charge in [-0.1, -0.05) is 17.8 Å². The van der Waals surface area contributed by atoms with Gasteiger partial charge in [0.15, 0.2) is 5.70 Å². The standard InChI is InChI=1S/C10H17N5O2S/c1-4-6-11-14-15-7-8(9(16)17-5-2)12-13-10(15)18-3/h4,7,11-12,14H,1,5-6H2,2-3H3. The van der Waals surface area contributed by atoms with Crippen LogP contribution in [-0.2, 0) is 9.53 Å². The molecular weight excluding hydrogens is 254 g/mol. The van der Waals surface area contributed by atoms with Crippen molar-refractivity contribution in [3.05, 3.63) is 24.6 Å². The first kappa shape index (κ1) is 14.6. The third kappa shape index (κ3) is 4.06. The number of hydrogen-bond donors (Lipinski definition) is 3. The van der Waals surface area contributed by atoms with Crippen molar-refractivity contribution >= 4 is 22.9 Å². The van der Waals surface area contributed by atoms with Crippen molar-refractivity contribution < 1.29 is 9.53 Å². The Labute approximate surface area is 110 Å². The zero-order valence-corrected chi connectivity index (χ0v) is 11.2. The minimum Gasteiger partial charge on any atom is -0.461 e. The van der Waals surface area contributed by atoms with Crippen LogP contribution in [-0.4, -0.2) is 35.6 Å². The Kier molecular flexibility index (Phi) is 6.26. The summed E-state index contributed by atoms with van der Waals surface area (Å²) in [7, 11) is 0. The SMILES string of the molecule is C=CCNNN1C=C(C(=O)OCC)NN=C1SC. The van der Waals surface area contributed by atoms with E-state index in [2.05, 4.69) is 28.1 Å². The van der Waals surface area contributed by atoms with Gasteiger partial charge < -0.3 is 4.74 Å². The molecule has 0 atom stereocenters. The quantitative estimate of drug-likeness (QED) is 0.274. The lowest BCUT2D eigenvalue weighted by Gasteiger charge is -2.25. The van der Waals surface area contributed by atoms with Crippen molar-refractivity contribution in [2.75, 3.05) is 19.4 Å². The molecule has 0 aromatic rings. The first-order chi connectivity index (χ1) is 8.72. The monoisotopic (exact) mass is 271 g/mol. The molecule has 3 N–H and O–H groups in total. The van der Waals surface area contributed by atoms with E-state index >= 15 is 0 Å². The van der Waals surface area contributed by atoms with E-state index in [0.717, 1.165) is 0 Å². The molecule has 0 spiro atoms. The van der Waals surface area contributed by atoms with Crippen LogP contribution >= 0.6 is 11.8 Å². The molecule has 1 heterocycles. The summed E-state index contributed by atoms with van der Waals surface area (Å²) < 4.78 is 4.89. The average Bonchev–Trinajstić information content (AvgIpc) is 2.39. The lowest BCUT2D eigenvalue weighted by molar-refractivity contribution is -0.139. The zero-order chi connectivity index (χ0) is 13.4. The molecule has 0 radical (unpaired) electrons. The number of hydrazone groups is 1. The molecule has 0 bridgehead atoms. The second kappa shape index (κ2) is 7.75. The van der Waals surface area contributed by atoms with Gasteiger partial charge in [0.05, 0.1) is 12.8 Å². The van der Waals surface area contributed by atoms with Crippen molar-refractivity contribution in [2.24, 2.45) is 5.10 Å². The maximum Gasteiger partial charge on any atom is 0.357 e. The van der Waals surface area contributed by atoms with Gasteiger partial charge in [-0.3, -0.25) is 5.43 Å². The Bertz CT molecular complexity index is 369. The first-order valence-electron chi connectivity index (χ1n) is 5.38. The second-order valence-electron chi connectivity index (χ2n) is 3.12. The minimum atomic E-state index is -0.447. The lowest BCUT2D eigenvalue weighted by atomic mass is 10.5. The number of carbonyl (C=O) groups is 1. The van der Waals surface area contributed by atoms with Gasteiger partial charge in [0.2, 0.25) is 5.17 Å². The molecule has 0 amide bonds. The molecule has 0 aromatic carbocycles. The van der Waals surface area contributed by atoms with Crippen LogP contribution in [0.5, 0.6) is 0 Å². The Morgan fingerprint density at radius 1 is 1.78 bits per heavy atom. The molecule has 0 unspecified atom stereocenters. The van der Waals surface area contributed by atoms with Gasteiger partial charge in [-0.15, -0.1) is 11.7 Å². The van der Waals surface area contributed by atoms with Gasteiger partial charge >= 0.3 is 5.97 Å². The van der Waals surface area contributed by atoms with E-state index in [-0.39, 0.29) is 5.70 Å². The van der Waals surface area contributed by atoms with E-state index in [9.17, 15) is 4.79 Å². The summed E-state index contributed by atoms with van der Waals surface area (Å²) in [6.07, 6.45) is 5.17. The molecule has 18 heavy (non-hydrogen) atoms. The number of carbonyl (C=O) groups excluding carboxylic acids is 1. The van der Waals surface area contributed by atoms with Crippen molar-refractivity contribution in [3.63, 3.8) is 0 Å². The first-order valence-corrected chi connectivity index (χ1v) is 6.60. The van der Waals surface area contributed by atoms with Gasteiger partial charge in [0.1, 0.15) is 0 Å². The maximum absolute atomic E-state index is 11.5. The summed E-state index contributed by atoms with van der Waals surface area (Å²) in [4.78, 5) is 11.5. The summed E-state index contributed by atoms with van der Waals surface area (Å²) in [6, 6.07) is 0. The predicted molar refractivity (Wildman–Crippen MR) is 72.0 cm³/mol. The van der Waals surface area contributed by atoms with Crippen molar-refractivity contribution in [1.29, 1.82) is 0 Å². The van der Waals surface area contributed by atoms with E-state index in [1.807, 2.05) is 6.26 Å². The smallest absolute Gasteiger partial charge is 0.357 e. The van der Waals surface area contributed by atoms with Crippen LogP contribution in [0.2, 0.25) is 0 Å². The average molecular weight is 271 g/mol. The molecule has 100 valence electrons. The number of hydrazine groups is 2. The van der Waals surface area contributed by atoms with Gasteiger partial charge in [-0.05, 0) is 13.2 Å². The Morgan fingerprint density at radius 3 is 3.17 bits per heavy atom. The molecule has 1 aliphatic heterocycles. The number of hydrogen-bond acceptors (Lipinski definition) is 8. The molecule has 8 heteroatoms. The van der Waals surface area contributed by atoms with Crippen molar-refractivity contribution in [3.8, 4) is 0 Å². The zero-order valence-electron chi connectivity index (χ0n) is 10.4. The lowest BCUT2D eigenvalue weighted by Crippen LogP contribution is -2.49. The van der Waals surface area contributed by atoms with E-state index < -0.39 is 5.97 Å². The van der Waals surface area contributed by atoms with Crippen LogP contribution < -0.4 is 16.4 Å². The normalized spacial score (nSPS) is 14.4. The fourth-order valence-electron chi connectivity index (χ4n) is 1.11. The summed E-state index contributed by atoms with van der Waals surface area (Å²) in [5.41, 5.74) is 8.70. The van der Waals surface area contributed by atoms with Crippen LogP contribution in [0.25, 0.3) is 0 Å². The highest BCUT2D eigenvalue weighted by Gasteiger charge is 2.19. The molecule has 0 aliphatic carbocycles. The molecule has 0 aromatic heterocycles. The number of nitrogens with zero attached hydrogens (tertiary/aromatic N) is 2. The molecule has 1 rings (SSSR count). The highest BCUT2D eigenvalue weighted by molar-refractivity contribution is 8.13. The van der Waals surface area contributed by atoms with Crippen LogP contribution in [0.1, 0.15) is 6.92 Å². The second-order valence-corrected chi connectivity index (χ2v) is 3.90. The van der Waals surface area contributed by atoms with Crippen molar-refractivity contribution in [1.82, 2.24) is 21.4 Å². The van der Waals surface area contributed by atoms with Crippen molar-refractivity contribution in [2.45, 2.75) is 6.92 Å². The molecule has 7 nitrogen and oxygen atoms in total. The number of rotatable bonds is 6. The van der Waals surface area contributed by atoms with Crippen LogP contribution in [0.3, 0.4) is 0 Å². The van der Waals surface area contributed by atoms with Crippen LogP contribution in [0, 0.1) is 0 Å². The summed E-state index contributed by atoms with van der Waals surface area (Å²) in [5, 5.41) is 6.31. The summed E-state index contributed by atoms with van der Waals surface area (Å²) >= 11 is 1.43. The third-order valence-corrected chi connectivity index (χ3v) is 2.51. The van der Waals surface area contributed by atoms with Crippen LogP contribution in [0.15, 0.2) is 29.7 Å². The van der Waals surface area contributed by atoms with E-state index in [4.69, 9.17) is 4.74 Å². The number of thioether (sulfide) groups is 1. The number of ether oxygens (including phenoxy) is 1. The van der Waals surface area contributed by atoms with Gasteiger partial charge in [0.25, 0.3) is 0 Å². The number of amidine groups is 1. The van der Waals surface area contributed by atoms with Gasteiger partial charge in [0, 0.05) is 6.54 Å². The summed E-state index contributed by atoms with van der Waals surface area (Å²) in [6.45, 7) is 6.24. The predicted octanol–water partition coefficient (Wildman–Crippen LogP) is 0.125. The van der Waals surface area contributed by atoms with E-state index in [0.29, 0.717) is 18.3 Å². The maximum atomic E-state index is 11.5. The fraction of sp³-hybridized carbons (Fsp3) is 0.400. The molecular formula is C10H17N5O2S. The van der Waals surface area contributed by atoms with E-state index in [1.54, 1.807) is 24.2 Å². The van der Waals surface area contributed by atoms with E-state index in [1.165, 1.54) is 11.8 Å². The molecule has 0 fully saturated rings. The fourth-order valence-corrected chi connectivity index (χ4v) is 1.54. The largest absolute Gasteiger partial charge is 0.461 e. The molecule has 0 saturated heterocycles. The molecule has 1 aliphatic rings. The number of nitrogens with one attached hydrogen (secondary N) is 3. The Morgan fingerprint density at radius 2 is 2.56 bits per heavy atom. The highest BCUT2D eigenvalue weighted by Crippen LogP contribution is 2.10. The Balaban J connectivity index is 2.67. The summed E-state index contributed by atoms with van der Waals surface area (Å²) in [5.74, 6) is -0.447. The van der Waals surface area contributed by atoms with Crippen LogP contribution in [0.4, 0.5) is 0 Å². The highest BCUT2D eigenvalue weighted by atomic mass is 32.2. The topological polar surface area (TPSA) is 78.0 Å². The minimum absolute atomic E-state index is 0.266. The Hall–Kier alpha value is -1.51.